The lowest BCUT2D eigenvalue weighted by atomic mass is 10.1. The second-order valence-corrected chi connectivity index (χ2v) is 7.32. The van der Waals surface area contributed by atoms with Crippen molar-refractivity contribution in [2.75, 3.05) is 42.1 Å². The third-order valence-electron chi connectivity index (χ3n) is 5.25. The second kappa shape index (κ2) is 9.04. The average molecular weight is 407 g/mol. The van der Waals surface area contributed by atoms with Gasteiger partial charge in [0.2, 0.25) is 11.9 Å². The number of hydrogen-bond acceptors (Lipinski definition) is 7. The van der Waals surface area contributed by atoms with Crippen LogP contribution in [0.25, 0.3) is 0 Å². The van der Waals surface area contributed by atoms with Crippen molar-refractivity contribution in [3.8, 4) is 0 Å². The SMILES string of the molecule is CCc1ccc(Nc2nc(N)nc(CN3CCN(c4ccccc4F)CC3)n2)cc1. The zero-order valence-electron chi connectivity index (χ0n) is 17.1. The number of nitrogens with two attached hydrogens (primary N) is 1. The maximum atomic E-state index is 14.0. The number of benzene rings is 2. The third-order valence-corrected chi connectivity index (χ3v) is 5.25. The molecule has 0 unspecified atom stereocenters. The van der Waals surface area contributed by atoms with Gasteiger partial charge in [-0.15, -0.1) is 0 Å². The molecule has 0 aliphatic carbocycles. The van der Waals surface area contributed by atoms with Crippen LogP contribution in [0.5, 0.6) is 0 Å². The molecule has 1 saturated heterocycles. The summed E-state index contributed by atoms with van der Waals surface area (Å²) in [4.78, 5) is 17.3. The van der Waals surface area contributed by atoms with E-state index in [4.69, 9.17) is 5.73 Å². The number of halogens is 1. The molecule has 2 aromatic carbocycles. The van der Waals surface area contributed by atoms with E-state index < -0.39 is 0 Å². The summed E-state index contributed by atoms with van der Waals surface area (Å²) in [6.07, 6.45) is 0.993. The van der Waals surface area contributed by atoms with Crippen LogP contribution in [-0.4, -0.2) is 46.0 Å². The Balaban J connectivity index is 1.38. The number of anilines is 4. The number of piperazine rings is 1. The van der Waals surface area contributed by atoms with E-state index in [1.54, 1.807) is 6.07 Å². The van der Waals surface area contributed by atoms with E-state index in [1.165, 1.54) is 11.6 Å². The van der Waals surface area contributed by atoms with Gasteiger partial charge < -0.3 is 16.0 Å². The van der Waals surface area contributed by atoms with Gasteiger partial charge in [0, 0.05) is 31.9 Å². The van der Waals surface area contributed by atoms with Crippen molar-refractivity contribution in [2.45, 2.75) is 19.9 Å². The van der Waals surface area contributed by atoms with Gasteiger partial charge in [-0.25, -0.2) is 4.39 Å². The molecular weight excluding hydrogens is 381 g/mol. The van der Waals surface area contributed by atoms with Gasteiger partial charge in [-0.3, -0.25) is 4.90 Å². The van der Waals surface area contributed by atoms with Crippen LogP contribution in [-0.2, 0) is 13.0 Å². The number of hydrogen-bond donors (Lipinski definition) is 2. The fourth-order valence-corrected chi connectivity index (χ4v) is 3.57. The van der Waals surface area contributed by atoms with Gasteiger partial charge in [0.05, 0.1) is 12.2 Å². The Bertz CT molecular complexity index is 985. The highest BCUT2D eigenvalue weighted by molar-refractivity contribution is 5.54. The molecule has 0 atom stereocenters. The Kier molecular flexibility index (Phi) is 6.04. The topological polar surface area (TPSA) is 83.2 Å². The van der Waals surface area contributed by atoms with Crippen molar-refractivity contribution >= 4 is 23.3 Å². The van der Waals surface area contributed by atoms with Crippen molar-refractivity contribution in [3.63, 3.8) is 0 Å². The average Bonchev–Trinajstić information content (AvgIpc) is 2.75. The molecule has 8 heteroatoms. The molecule has 1 aliphatic heterocycles. The maximum Gasteiger partial charge on any atom is 0.232 e. The first-order valence-corrected chi connectivity index (χ1v) is 10.2. The summed E-state index contributed by atoms with van der Waals surface area (Å²) in [5.41, 5.74) is 8.74. The molecule has 156 valence electrons. The molecule has 2 heterocycles. The second-order valence-electron chi connectivity index (χ2n) is 7.32. The minimum absolute atomic E-state index is 0.182. The highest BCUT2D eigenvalue weighted by Crippen LogP contribution is 2.21. The zero-order chi connectivity index (χ0) is 20.9. The molecule has 4 rings (SSSR count). The van der Waals surface area contributed by atoms with Crippen molar-refractivity contribution in [1.29, 1.82) is 0 Å². The van der Waals surface area contributed by atoms with E-state index in [0.29, 0.717) is 24.0 Å². The van der Waals surface area contributed by atoms with Crippen molar-refractivity contribution in [2.24, 2.45) is 0 Å². The number of rotatable bonds is 6. The van der Waals surface area contributed by atoms with Gasteiger partial charge in [0.25, 0.3) is 0 Å². The van der Waals surface area contributed by atoms with Gasteiger partial charge in [-0.05, 0) is 36.2 Å². The highest BCUT2D eigenvalue weighted by atomic mass is 19.1. The molecule has 0 amide bonds. The van der Waals surface area contributed by atoms with Gasteiger partial charge in [-0.1, -0.05) is 31.2 Å². The smallest absolute Gasteiger partial charge is 0.232 e. The van der Waals surface area contributed by atoms with Gasteiger partial charge in [0.1, 0.15) is 11.6 Å². The van der Waals surface area contributed by atoms with E-state index in [9.17, 15) is 4.39 Å². The quantitative estimate of drug-likeness (QED) is 0.649. The Morgan fingerprint density at radius 3 is 2.40 bits per heavy atom. The fraction of sp³-hybridized carbons (Fsp3) is 0.318. The monoisotopic (exact) mass is 407 g/mol. The number of aromatic nitrogens is 3. The summed E-state index contributed by atoms with van der Waals surface area (Å²) in [6.45, 7) is 5.77. The minimum Gasteiger partial charge on any atom is -0.368 e. The number of nitrogens with zero attached hydrogens (tertiary/aromatic N) is 5. The van der Waals surface area contributed by atoms with Crippen molar-refractivity contribution in [3.05, 3.63) is 65.7 Å². The molecule has 3 N–H and O–H groups in total. The molecular formula is C22H26FN7. The molecule has 30 heavy (non-hydrogen) atoms. The van der Waals surface area contributed by atoms with Crippen LogP contribution in [0.1, 0.15) is 18.3 Å². The molecule has 1 aromatic heterocycles. The summed E-state index contributed by atoms with van der Waals surface area (Å²) in [5.74, 6) is 1.07. The van der Waals surface area contributed by atoms with Crippen molar-refractivity contribution < 1.29 is 4.39 Å². The normalized spacial score (nSPS) is 14.7. The number of nitrogen functional groups attached to an aromatic ring is 1. The lowest BCUT2D eigenvalue weighted by Gasteiger charge is -2.35. The fourth-order valence-electron chi connectivity index (χ4n) is 3.57. The van der Waals surface area contributed by atoms with Crippen LogP contribution >= 0.6 is 0 Å². The molecule has 0 bridgehead atoms. The summed E-state index contributed by atoms with van der Waals surface area (Å²) in [5, 5.41) is 3.20. The Morgan fingerprint density at radius 2 is 1.70 bits per heavy atom. The number of para-hydroxylation sites is 1. The summed E-state index contributed by atoms with van der Waals surface area (Å²) < 4.78 is 14.0. The summed E-state index contributed by atoms with van der Waals surface area (Å²) >= 11 is 0. The van der Waals surface area contributed by atoms with Crippen LogP contribution in [0.15, 0.2) is 48.5 Å². The Labute approximate surface area is 175 Å². The third kappa shape index (κ3) is 4.83. The van der Waals surface area contributed by atoms with Crippen LogP contribution in [0.2, 0.25) is 0 Å². The molecule has 3 aromatic rings. The summed E-state index contributed by atoms with van der Waals surface area (Å²) in [6, 6.07) is 15.0. The lowest BCUT2D eigenvalue weighted by Crippen LogP contribution is -2.46. The first-order valence-electron chi connectivity index (χ1n) is 10.2. The van der Waals surface area contributed by atoms with Crippen molar-refractivity contribution in [1.82, 2.24) is 19.9 Å². The number of nitrogens with one attached hydrogen (secondary N) is 1. The van der Waals surface area contributed by atoms with Gasteiger partial charge >= 0.3 is 0 Å². The first-order chi connectivity index (χ1) is 14.6. The zero-order valence-corrected chi connectivity index (χ0v) is 17.1. The maximum absolute atomic E-state index is 14.0. The molecule has 0 spiro atoms. The predicted molar refractivity (Wildman–Crippen MR) is 117 cm³/mol. The Hall–Kier alpha value is -3.26. The lowest BCUT2D eigenvalue weighted by molar-refractivity contribution is 0.243. The molecule has 1 fully saturated rings. The predicted octanol–water partition coefficient (Wildman–Crippen LogP) is 3.22. The standard InChI is InChI=1S/C22H26FN7/c1-2-16-7-9-17(10-8-16)25-22-27-20(26-21(24)28-22)15-29-11-13-30(14-12-29)19-6-4-3-5-18(19)23/h3-10H,2,11-15H2,1H3,(H3,24,25,26,27,28). The summed E-state index contributed by atoms with van der Waals surface area (Å²) in [7, 11) is 0. The van der Waals surface area contributed by atoms with Crippen LogP contribution in [0, 0.1) is 5.82 Å². The van der Waals surface area contributed by atoms with Gasteiger partial charge in [0.15, 0.2) is 0 Å². The largest absolute Gasteiger partial charge is 0.368 e. The van der Waals surface area contributed by atoms with Crippen LogP contribution in [0.4, 0.5) is 27.7 Å². The van der Waals surface area contributed by atoms with Gasteiger partial charge in [-0.2, -0.15) is 15.0 Å². The van der Waals surface area contributed by atoms with E-state index in [2.05, 4.69) is 49.1 Å². The molecule has 7 nitrogen and oxygen atoms in total. The number of aryl methyl sites for hydroxylation is 1. The van der Waals surface area contributed by atoms with E-state index in [1.807, 2.05) is 24.3 Å². The molecule has 0 radical (unpaired) electrons. The molecule has 0 saturated carbocycles. The van der Waals surface area contributed by atoms with E-state index in [0.717, 1.165) is 38.3 Å². The van der Waals surface area contributed by atoms with Crippen LogP contribution in [0.3, 0.4) is 0 Å². The van der Waals surface area contributed by atoms with Crippen LogP contribution < -0.4 is 16.0 Å². The highest BCUT2D eigenvalue weighted by Gasteiger charge is 2.20. The molecule has 1 aliphatic rings. The van der Waals surface area contributed by atoms with E-state index >= 15 is 0 Å². The minimum atomic E-state index is -0.182. The van der Waals surface area contributed by atoms with E-state index in [-0.39, 0.29) is 11.8 Å². The first kappa shape index (κ1) is 20.0. The Morgan fingerprint density at radius 1 is 0.967 bits per heavy atom.